The Labute approximate surface area is 192 Å². The molecule has 0 atom stereocenters. The standard InChI is InChI=1S/C22H36N4O2.HI/c1-2-23-22(24-12-7-13-26-14-16-27-17-15-26)25-18-19-8-3-6-11-21(19)28-20-9-4-5-10-20;/h3,6,8,11,20H,2,4-5,7,9-10,12-18H2,1H3,(H2,23,24,25);1H. The van der Waals surface area contributed by atoms with Crippen molar-refractivity contribution in [2.24, 2.45) is 4.99 Å². The number of guanidine groups is 1. The second-order valence-electron chi connectivity index (χ2n) is 7.56. The molecule has 0 amide bonds. The topological polar surface area (TPSA) is 58.1 Å². The Balaban J connectivity index is 0.00000300. The molecule has 2 N–H and O–H groups in total. The summed E-state index contributed by atoms with van der Waals surface area (Å²) in [5, 5.41) is 6.81. The number of aliphatic imine (C=N–C) groups is 1. The number of hydrogen-bond acceptors (Lipinski definition) is 4. The van der Waals surface area contributed by atoms with Crippen LogP contribution in [0.25, 0.3) is 0 Å². The molecule has 1 saturated carbocycles. The van der Waals surface area contributed by atoms with Gasteiger partial charge in [-0.3, -0.25) is 4.90 Å². The summed E-state index contributed by atoms with van der Waals surface area (Å²) in [4.78, 5) is 7.25. The van der Waals surface area contributed by atoms with Crippen LogP contribution >= 0.6 is 24.0 Å². The van der Waals surface area contributed by atoms with Crippen molar-refractivity contribution in [3.05, 3.63) is 29.8 Å². The molecule has 1 aliphatic heterocycles. The first-order chi connectivity index (χ1) is 13.8. The molecule has 164 valence electrons. The highest BCUT2D eigenvalue weighted by Crippen LogP contribution is 2.27. The maximum atomic E-state index is 6.24. The van der Waals surface area contributed by atoms with Crippen molar-refractivity contribution in [1.82, 2.24) is 15.5 Å². The van der Waals surface area contributed by atoms with Gasteiger partial charge in [-0.2, -0.15) is 0 Å². The lowest BCUT2D eigenvalue weighted by atomic mass is 10.2. The van der Waals surface area contributed by atoms with Gasteiger partial charge in [0.1, 0.15) is 5.75 Å². The molecule has 0 bridgehead atoms. The molecule has 0 radical (unpaired) electrons. The molecule has 1 aromatic rings. The number of benzene rings is 1. The van der Waals surface area contributed by atoms with E-state index in [1.807, 2.05) is 6.07 Å². The molecule has 0 spiro atoms. The van der Waals surface area contributed by atoms with Crippen molar-refractivity contribution in [2.75, 3.05) is 45.9 Å². The SMILES string of the molecule is CCNC(=NCc1ccccc1OC1CCCC1)NCCCN1CCOCC1.I. The lowest BCUT2D eigenvalue weighted by Crippen LogP contribution is -2.40. The minimum Gasteiger partial charge on any atom is -0.490 e. The van der Waals surface area contributed by atoms with E-state index in [-0.39, 0.29) is 24.0 Å². The number of ether oxygens (including phenoxy) is 2. The zero-order valence-corrected chi connectivity index (χ0v) is 20.0. The van der Waals surface area contributed by atoms with Gasteiger partial charge in [-0.1, -0.05) is 18.2 Å². The summed E-state index contributed by atoms with van der Waals surface area (Å²) < 4.78 is 11.6. The molecule has 3 rings (SSSR count). The van der Waals surface area contributed by atoms with Crippen LogP contribution in [-0.2, 0) is 11.3 Å². The Bertz CT molecular complexity index is 602. The van der Waals surface area contributed by atoms with E-state index in [0.717, 1.165) is 69.6 Å². The van der Waals surface area contributed by atoms with Crippen LogP contribution in [0, 0.1) is 0 Å². The van der Waals surface area contributed by atoms with Crippen LogP contribution in [0.5, 0.6) is 5.75 Å². The van der Waals surface area contributed by atoms with Gasteiger partial charge < -0.3 is 20.1 Å². The molecule has 7 heteroatoms. The van der Waals surface area contributed by atoms with Gasteiger partial charge in [-0.05, 0) is 51.6 Å². The maximum absolute atomic E-state index is 6.24. The van der Waals surface area contributed by atoms with Crippen LogP contribution in [0.2, 0.25) is 0 Å². The first kappa shape index (κ1) is 24.2. The fraction of sp³-hybridized carbons (Fsp3) is 0.682. The van der Waals surface area contributed by atoms with Crippen LogP contribution in [0.1, 0.15) is 44.6 Å². The molecule has 0 unspecified atom stereocenters. The largest absolute Gasteiger partial charge is 0.490 e. The Hall–Kier alpha value is -1.06. The van der Waals surface area contributed by atoms with E-state index in [0.29, 0.717) is 12.6 Å². The van der Waals surface area contributed by atoms with Crippen molar-refractivity contribution in [3.8, 4) is 5.75 Å². The van der Waals surface area contributed by atoms with Crippen molar-refractivity contribution >= 4 is 29.9 Å². The average Bonchev–Trinajstić information content (AvgIpc) is 3.24. The van der Waals surface area contributed by atoms with Crippen LogP contribution in [0.4, 0.5) is 0 Å². The number of rotatable bonds is 9. The fourth-order valence-electron chi connectivity index (χ4n) is 3.78. The Morgan fingerprint density at radius 1 is 1.17 bits per heavy atom. The third-order valence-corrected chi connectivity index (χ3v) is 5.37. The predicted molar refractivity (Wildman–Crippen MR) is 129 cm³/mol. The van der Waals surface area contributed by atoms with Gasteiger partial charge >= 0.3 is 0 Å². The quantitative estimate of drug-likeness (QED) is 0.228. The van der Waals surface area contributed by atoms with Gasteiger partial charge in [0.05, 0.1) is 25.9 Å². The summed E-state index contributed by atoms with van der Waals surface area (Å²) in [6.45, 7) is 9.42. The highest BCUT2D eigenvalue weighted by molar-refractivity contribution is 14.0. The normalized spacial score (nSPS) is 18.3. The van der Waals surface area contributed by atoms with Gasteiger partial charge in [0.2, 0.25) is 0 Å². The van der Waals surface area contributed by atoms with E-state index in [9.17, 15) is 0 Å². The molecule has 1 aliphatic carbocycles. The zero-order chi connectivity index (χ0) is 19.4. The van der Waals surface area contributed by atoms with E-state index in [4.69, 9.17) is 14.5 Å². The van der Waals surface area contributed by atoms with E-state index >= 15 is 0 Å². The summed E-state index contributed by atoms with van der Waals surface area (Å²) in [5.41, 5.74) is 1.15. The molecule has 0 aromatic heterocycles. The molecule has 2 aliphatic rings. The highest BCUT2D eigenvalue weighted by atomic mass is 127. The summed E-state index contributed by atoms with van der Waals surface area (Å²) >= 11 is 0. The highest BCUT2D eigenvalue weighted by Gasteiger charge is 2.17. The number of halogens is 1. The van der Waals surface area contributed by atoms with Gasteiger partial charge in [-0.15, -0.1) is 24.0 Å². The Kier molecular flexibility index (Phi) is 11.7. The van der Waals surface area contributed by atoms with Gasteiger partial charge in [0.25, 0.3) is 0 Å². The van der Waals surface area contributed by atoms with Gasteiger partial charge in [-0.25, -0.2) is 4.99 Å². The number of nitrogens with one attached hydrogen (secondary N) is 2. The van der Waals surface area contributed by atoms with Crippen LogP contribution in [0.3, 0.4) is 0 Å². The molecular formula is C22H37IN4O2. The van der Waals surface area contributed by atoms with E-state index in [2.05, 4.69) is 40.7 Å². The molecule has 29 heavy (non-hydrogen) atoms. The van der Waals surface area contributed by atoms with Crippen LogP contribution < -0.4 is 15.4 Å². The molecule has 1 aromatic carbocycles. The first-order valence-electron chi connectivity index (χ1n) is 10.9. The third kappa shape index (κ3) is 8.68. The van der Waals surface area contributed by atoms with Gasteiger partial charge in [0, 0.05) is 31.7 Å². The summed E-state index contributed by atoms with van der Waals surface area (Å²) in [5.74, 6) is 1.86. The maximum Gasteiger partial charge on any atom is 0.191 e. The second kappa shape index (κ2) is 14.0. The number of para-hydroxylation sites is 1. The summed E-state index contributed by atoms with van der Waals surface area (Å²) in [7, 11) is 0. The molecular weight excluding hydrogens is 479 g/mol. The van der Waals surface area contributed by atoms with Crippen LogP contribution in [-0.4, -0.2) is 62.9 Å². The number of nitrogens with zero attached hydrogens (tertiary/aromatic N) is 2. The minimum absolute atomic E-state index is 0. The monoisotopic (exact) mass is 516 g/mol. The molecule has 1 saturated heterocycles. The molecule has 6 nitrogen and oxygen atoms in total. The summed E-state index contributed by atoms with van der Waals surface area (Å²) in [6.07, 6.45) is 6.38. The number of hydrogen-bond donors (Lipinski definition) is 2. The number of morpholine rings is 1. The van der Waals surface area contributed by atoms with E-state index in [1.54, 1.807) is 0 Å². The van der Waals surface area contributed by atoms with Crippen LogP contribution in [0.15, 0.2) is 29.3 Å². The van der Waals surface area contributed by atoms with Crippen molar-refractivity contribution in [2.45, 2.75) is 51.7 Å². The molecule has 2 fully saturated rings. The van der Waals surface area contributed by atoms with Gasteiger partial charge in [0.15, 0.2) is 5.96 Å². The minimum atomic E-state index is 0. The van der Waals surface area contributed by atoms with Crippen molar-refractivity contribution in [3.63, 3.8) is 0 Å². The van der Waals surface area contributed by atoms with E-state index in [1.165, 1.54) is 25.7 Å². The fourth-order valence-corrected chi connectivity index (χ4v) is 3.78. The zero-order valence-electron chi connectivity index (χ0n) is 17.7. The Morgan fingerprint density at radius 2 is 1.93 bits per heavy atom. The third-order valence-electron chi connectivity index (χ3n) is 5.37. The first-order valence-corrected chi connectivity index (χ1v) is 10.9. The Morgan fingerprint density at radius 3 is 2.69 bits per heavy atom. The predicted octanol–water partition coefficient (Wildman–Crippen LogP) is 3.40. The smallest absolute Gasteiger partial charge is 0.191 e. The summed E-state index contributed by atoms with van der Waals surface area (Å²) in [6, 6.07) is 8.31. The second-order valence-corrected chi connectivity index (χ2v) is 7.56. The lowest BCUT2D eigenvalue weighted by molar-refractivity contribution is 0.0376. The van der Waals surface area contributed by atoms with Crippen molar-refractivity contribution < 1.29 is 9.47 Å². The van der Waals surface area contributed by atoms with E-state index < -0.39 is 0 Å². The van der Waals surface area contributed by atoms with Crippen molar-refractivity contribution in [1.29, 1.82) is 0 Å². The molecule has 1 heterocycles. The lowest BCUT2D eigenvalue weighted by Gasteiger charge is -2.26. The average molecular weight is 516 g/mol.